The van der Waals surface area contributed by atoms with E-state index in [9.17, 15) is 0 Å². The first-order chi connectivity index (χ1) is 12.0. The molecule has 0 aliphatic rings. The van der Waals surface area contributed by atoms with Crippen molar-refractivity contribution in [2.24, 2.45) is 0 Å². The van der Waals surface area contributed by atoms with Crippen LogP contribution in [-0.4, -0.2) is 14.8 Å². The maximum absolute atomic E-state index is 6.09. The van der Waals surface area contributed by atoms with E-state index in [1.165, 1.54) is 21.6 Å². The molecule has 6 heteroatoms. The number of thioether (sulfide) groups is 1. The highest BCUT2D eigenvalue weighted by Gasteiger charge is 2.20. The number of rotatable bonds is 6. The number of thiophene rings is 1. The van der Waals surface area contributed by atoms with Crippen molar-refractivity contribution in [2.75, 3.05) is 0 Å². The average molecular weight is 392 g/mol. The van der Waals surface area contributed by atoms with Gasteiger partial charge in [-0.15, -0.1) is 21.5 Å². The third kappa shape index (κ3) is 3.94. The molecule has 0 radical (unpaired) electrons. The molecular weight excluding hydrogens is 370 g/mol. The number of nitrogens with zero attached hydrogens (tertiary/aromatic N) is 3. The van der Waals surface area contributed by atoms with Gasteiger partial charge in [-0.1, -0.05) is 42.4 Å². The van der Waals surface area contributed by atoms with Gasteiger partial charge in [0.2, 0.25) is 0 Å². The van der Waals surface area contributed by atoms with E-state index in [2.05, 4.69) is 53.9 Å². The smallest absolute Gasteiger partial charge is 0.192 e. The normalized spacial score (nSPS) is 11.4. The van der Waals surface area contributed by atoms with Gasteiger partial charge in [0.15, 0.2) is 11.0 Å². The second kappa shape index (κ2) is 7.94. The molecule has 0 saturated heterocycles. The first kappa shape index (κ1) is 18.5. The van der Waals surface area contributed by atoms with Gasteiger partial charge >= 0.3 is 0 Å². The summed E-state index contributed by atoms with van der Waals surface area (Å²) in [6.45, 7) is 8.74. The molecule has 2 heterocycles. The fourth-order valence-electron chi connectivity index (χ4n) is 2.91. The molecule has 0 N–H and O–H groups in total. The zero-order valence-corrected chi connectivity index (χ0v) is 17.3. The highest BCUT2D eigenvalue weighted by Crippen LogP contribution is 2.35. The number of aryl methyl sites for hydroxylation is 1. The fourth-order valence-corrected chi connectivity index (χ4v) is 5.07. The Morgan fingerprint density at radius 3 is 2.76 bits per heavy atom. The fraction of sp³-hybridized carbons (Fsp3) is 0.368. The Labute approximate surface area is 162 Å². The average Bonchev–Trinajstić information content (AvgIpc) is 3.15. The molecule has 132 valence electrons. The summed E-state index contributed by atoms with van der Waals surface area (Å²) >= 11 is 9.58. The molecular formula is C19H22ClN3S2. The summed E-state index contributed by atoms with van der Waals surface area (Å²) < 4.78 is 2.25. The van der Waals surface area contributed by atoms with Crippen LogP contribution in [0.5, 0.6) is 0 Å². The molecule has 0 atom stereocenters. The van der Waals surface area contributed by atoms with Crippen molar-refractivity contribution in [3.63, 3.8) is 0 Å². The minimum atomic E-state index is 0.303. The van der Waals surface area contributed by atoms with E-state index >= 15 is 0 Å². The molecule has 0 aliphatic heterocycles. The molecule has 25 heavy (non-hydrogen) atoms. The number of halogens is 1. The number of benzene rings is 1. The summed E-state index contributed by atoms with van der Waals surface area (Å²) in [7, 11) is 0. The van der Waals surface area contributed by atoms with Crippen molar-refractivity contribution < 1.29 is 0 Å². The molecule has 0 fully saturated rings. The molecule has 0 bridgehead atoms. The lowest BCUT2D eigenvalue weighted by Gasteiger charge is -2.14. The summed E-state index contributed by atoms with van der Waals surface area (Å²) in [5.74, 6) is 1.80. The number of hydrogen-bond donors (Lipinski definition) is 0. The van der Waals surface area contributed by atoms with Gasteiger partial charge in [0.1, 0.15) is 0 Å². The predicted octanol–water partition coefficient (Wildman–Crippen LogP) is 6.40. The van der Waals surface area contributed by atoms with Gasteiger partial charge in [-0.25, -0.2) is 0 Å². The van der Waals surface area contributed by atoms with E-state index < -0.39 is 0 Å². The van der Waals surface area contributed by atoms with Crippen molar-refractivity contribution in [3.8, 4) is 11.4 Å². The summed E-state index contributed by atoms with van der Waals surface area (Å²) in [6.07, 6.45) is 1.01. The van der Waals surface area contributed by atoms with E-state index in [1.54, 1.807) is 23.1 Å². The van der Waals surface area contributed by atoms with Crippen LogP contribution in [0, 0.1) is 6.92 Å². The molecule has 0 aliphatic carbocycles. The first-order valence-electron chi connectivity index (χ1n) is 8.40. The van der Waals surface area contributed by atoms with Crippen LogP contribution < -0.4 is 0 Å². The molecule has 0 unspecified atom stereocenters. The van der Waals surface area contributed by atoms with E-state index in [-0.39, 0.29) is 0 Å². The predicted molar refractivity (Wildman–Crippen MR) is 109 cm³/mol. The third-order valence-electron chi connectivity index (χ3n) is 4.14. The van der Waals surface area contributed by atoms with Crippen LogP contribution in [0.3, 0.4) is 0 Å². The second-order valence-electron chi connectivity index (χ2n) is 6.23. The highest BCUT2D eigenvalue weighted by atomic mass is 35.5. The first-order valence-corrected chi connectivity index (χ1v) is 10.6. The van der Waals surface area contributed by atoms with Crippen LogP contribution in [0.4, 0.5) is 0 Å². The minimum Gasteiger partial charge on any atom is -0.299 e. The third-order valence-corrected chi connectivity index (χ3v) is 6.34. The van der Waals surface area contributed by atoms with Gasteiger partial charge in [-0.2, -0.15) is 0 Å². The largest absolute Gasteiger partial charge is 0.299 e. The van der Waals surface area contributed by atoms with Crippen LogP contribution in [-0.2, 0) is 12.2 Å². The van der Waals surface area contributed by atoms with E-state index in [4.69, 9.17) is 11.6 Å². The molecule has 0 spiro atoms. The monoisotopic (exact) mass is 391 g/mol. The lowest BCUT2D eigenvalue weighted by molar-refractivity contribution is 0.555. The van der Waals surface area contributed by atoms with Crippen LogP contribution >= 0.6 is 34.7 Å². The maximum Gasteiger partial charge on any atom is 0.192 e. The Morgan fingerprint density at radius 1 is 1.28 bits per heavy atom. The van der Waals surface area contributed by atoms with Crippen LogP contribution in [0.15, 0.2) is 34.8 Å². The van der Waals surface area contributed by atoms with Gasteiger partial charge < -0.3 is 0 Å². The Morgan fingerprint density at radius 2 is 2.08 bits per heavy atom. The topological polar surface area (TPSA) is 30.7 Å². The standard InChI is InChI=1S/C19H22ClN3S2/c1-5-16-13(4)24-11-17(16)18-21-22-19(23(18)12(2)3)25-10-14-7-6-8-15(20)9-14/h6-9,11-12H,5,10H2,1-4H3. The molecule has 0 amide bonds. The van der Waals surface area contributed by atoms with Crippen LogP contribution in [0.25, 0.3) is 11.4 Å². The van der Waals surface area contributed by atoms with Crippen molar-refractivity contribution in [1.29, 1.82) is 0 Å². The SMILES string of the molecule is CCc1c(-c2nnc(SCc3cccc(Cl)c3)n2C(C)C)csc1C. The summed E-state index contributed by atoms with van der Waals surface area (Å²) in [5.41, 5.74) is 3.80. The van der Waals surface area contributed by atoms with Crippen LogP contribution in [0.2, 0.25) is 5.02 Å². The van der Waals surface area contributed by atoms with Crippen molar-refractivity contribution >= 4 is 34.7 Å². The van der Waals surface area contributed by atoms with Crippen molar-refractivity contribution in [3.05, 3.63) is 50.7 Å². The number of hydrogen-bond acceptors (Lipinski definition) is 4. The minimum absolute atomic E-state index is 0.303. The molecule has 0 saturated carbocycles. The summed E-state index contributed by atoms with van der Waals surface area (Å²) in [6, 6.07) is 8.28. The zero-order valence-electron chi connectivity index (χ0n) is 14.9. The van der Waals surface area contributed by atoms with E-state index in [0.29, 0.717) is 6.04 Å². The Kier molecular flexibility index (Phi) is 5.87. The van der Waals surface area contributed by atoms with Gasteiger partial charge in [-0.05, 0) is 50.5 Å². The Balaban J connectivity index is 1.92. The van der Waals surface area contributed by atoms with Gasteiger partial charge in [0.05, 0.1) is 0 Å². The quantitative estimate of drug-likeness (QED) is 0.455. The molecule has 1 aromatic carbocycles. The van der Waals surface area contributed by atoms with Crippen molar-refractivity contribution in [1.82, 2.24) is 14.8 Å². The van der Waals surface area contributed by atoms with Crippen molar-refractivity contribution in [2.45, 2.75) is 51.1 Å². The molecule has 3 aromatic rings. The Hall–Kier alpha value is -1.30. The maximum atomic E-state index is 6.09. The van der Waals surface area contributed by atoms with Gasteiger partial charge in [0.25, 0.3) is 0 Å². The zero-order chi connectivity index (χ0) is 18.0. The lowest BCUT2D eigenvalue weighted by atomic mass is 10.1. The van der Waals surface area contributed by atoms with E-state index in [1.807, 2.05) is 18.2 Å². The van der Waals surface area contributed by atoms with Gasteiger partial charge in [-0.3, -0.25) is 4.57 Å². The Bertz CT molecular complexity index is 867. The van der Waals surface area contributed by atoms with E-state index in [0.717, 1.165) is 28.2 Å². The molecule has 2 aromatic heterocycles. The molecule has 3 nitrogen and oxygen atoms in total. The summed E-state index contributed by atoms with van der Waals surface area (Å²) in [5, 5.41) is 12.9. The summed E-state index contributed by atoms with van der Waals surface area (Å²) in [4.78, 5) is 1.36. The van der Waals surface area contributed by atoms with Gasteiger partial charge in [0, 0.05) is 32.6 Å². The van der Waals surface area contributed by atoms with Crippen LogP contribution in [0.1, 0.15) is 42.8 Å². The lowest BCUT2D eigenvalue weighted by Crippen LogP contribution is -2.05. The second-order valence-corrected chi connectivity index (χ2v) is 8.69. The number of aromatic nitrogens is 3. The highest BCUT2D eigenvalue weighted by molar-refractivity contribution is 7.98. The molecule has 3 rings (SSSR count).